The SMILES string of the molecule is O=C(c1cscn1)N1CCC2(CCCN(Cc3cccnc3)CCN(Cc3ccccc3)C(=O)c3ccccc3OC2)CC1. The summed E-state index contributed by atoms with van der Waals surface area (Å²) in [7, 11) is 0. The minimum atomic E-state index is -0.0905. The molecule has 0 radical (unpaired) electrons. The average Bonchev–Trinajstić information content (AvgIpc) is 3.61. The number of rotatable bonds is 5. The molecule has 0 unspecified atom stereocenters. The Bertz CT molecular complexity index is 1510. The highest BCUT2D eigenvalue weighted by Gasteiger charge is 2.37. The number of amides is 2. The van der Waals surface area contributed by atoms with Crippen LogP contribution in [0, 0.1) is 5.41 Å². The van der Waals surface area contributed by atoms with Gasteiger partial charge in [0.15, 0.2) is 0 Å². The number of likely N-dealkylation sites (tertiary alicyclic amines) is 1. The van der Waals surface area contributed by atoms with Crippen LogP contribution in [0.5, 0.6) is 5.75 Å². The molecule has 2 amide bonds. The Kier molecular flexibility index (Phi) is 9.63. The molecule has 6 rings (SSSR count). The molecule has 8 nitrogen and oxygen atoms in total. The van der Waals surface area contributed by atoms with E-state index >= 15 is 0 Å². The second-order valence-corrected chi connectivity index (χ2v) is 12.6. The summed E-state index contributed by atoms with van der Waals surface area (Å²) in [4.78, 5) is 42.1. The molecule has 9 heteroatoms. The van der Waals surface area contributed by atoms with E-state index < -0.39 is 0 Å². The molecule has 1 fully saturated rings. The number of benzene rings is 2. The smallest absolute Gasteiger partial charge is 0.273 e. The summed E-state index contributed by atoms with van der Waals surface area (Å²) in [5.41, 5.74) is 4.99. The maximum absolute atomic E-state index is 14.2. The lowest BCUT2D eigenvalue weighted by atomic mass is 9.75. The van der Waals surface area contributed by atoms with Crippen LogP contribution in [0.1, 0.15) is 57.7 Å². The third kappa shape index (κ3) is 7.34. The Morgan fingerprint density at radius 1 is 0.864 bits per heavy atom. The van der Waals surface area contributed by atoms with Gasteiger partial charge in [-0.1, -0.05) is 48.5 Å². The molecular weight excluding hydrogens is 570 g/mol. The van der Waals surface area contributed by atoms with E-state index in [9.17, 15) is 9.59 Å². The molecule has 2 aliphatic heterocycles. The molecule has 44 heavy (non-hydrogen) atoms. The first-order chi connectivity index (χ1) is 21.6. The van der Waals surface area contributed by atoms with Crippen LogP contribution in [-0.4, -0.2) is 75.8 Å². The number of ether oxygens (including phenoxy) is 1. The summed E-state index contributed by atoms with van der Waals surface area (Å²) in [5.74, 6) is 0.605. The number of piperidine rings is 1. The van der Waals surface area contributed by atoms with E-state index in [2.05, 4.69) is 33.1 Å². The minimum absolute atomic E-state index is 0.00348. The van der Waals surface area contributed by atoms with Gasteiger partial charge in [0.25, 0.3) is 11.8 Å². The lowest BCUT2D eigenvalue weighted by Gasteiger charge is -2.42. The predicted octanol–water partition coefficient (Wildman–Crippen LogP) is 5.78. The fraction of sp³-hybridized carbons (Fsp3) is 0.371. The first-order valence-electron chi connectivity index (χ1n) is 15.4. The second-order valence-electron chi connectivity index (χ2n) is 11.9. The van der Waals surface area contributed by atoms with Crippen LogP contribution < -0.4 is 4.74 Å². The monoisotopic (exact) mass is 609 g/mol. The molecule has 4 heterocycles. The fourth-order valence-corrected chi connectivity index (χ4v) is 6.84. The first kappa shape index (κ1) is 30.0. The molecule has 1 saturated heterocycles. The van der Waals surface area contributed by atoms with Gasteiger partial charge in [-0.05, 0) is 61.6 Å². The van der Waals surface area contributed by atoms with Crippen LogP contribution in [0.25, 0.3) is 0 Å². The number of para-hydroxylation sites is 1. The van der Waals surface area contributed by atoms with Gasteiger partial charge in [-0.2, -0.15) is 0 Å². The molecular formula is C35H39N5O3S. The highest BCUT2D eigenvalue weighted by molar-refractivity contribution is 7.07. The molecule has 2 aromatic heterocycles. The summed E-state index contributed by atoms with van der Waals surface area (Å²) in [6.45, 7) is 5.41. The summed E-state index contributed by atoms with van der Waals surface area (Å²) >= 11 is 1.44. The number of fused-ring (bicyclic) bond motifs is 1. The molecule has 0 N–H and O–H groups in total. The van der Waals surface area contributed by atoms with E-state index in [1.54, 1.807) is 11.7 Å². The van der Waals surface area contributed by atoms with Gasteiger partial charge in [0.05, 0.1) is 17.7 Å². The Hall–Kier alpha value is -4.08. The number of carbonyl (C=O) groups excluding carboxylic acids is 2. The fourth-order valence-electron chi connectivity index (χ4n) is 6.32. The predicted molar refractivity (Wildman–Crippen MR) is 172 cm³/mol. The Morgan fingerprint density at radius 3 is 2.43 bits per heavy atom. The standard InChI is InChI=1S/C35H39N5O3S/c41-33-30-11-4-5-12-32(30)43-26-35(14-18-39(19-15-35)34(42)31-25-44-27-37-31)13-7-17-38(23-29-10-6-16-36-22-29)20-21-40(33)24-28-8-2-1-3-9-28/h1-6,8-12,16,22,25,27H,7,13-15,17-21,23-24,26H2. The largest absolute Gasteiger partial charge is 0.492 e. The summed E-state index contributed by atoms with van der Waals surface area (Å²) < 4.78 is 6.57. The van der Waals surface area contributed by atoms with Crippen LogP contribution in [0.3, 0.4) is 0 Å². The van der Waals surface area contributed by atoms with E-state index in [1.165, 1.54) is 11.3 Å². The maximum atomic E-state index is 14.2. The lowest BCUT2D eigenvalue weighted by Crippen LogP contribution is -2.46. The summed E-state index contributed by atoms with van der Waals surface area (Å²) in [5, 5.41) is 1.82. The quantitative estimate of drug-likeness (QED) is 0.286. The molecule has 0 saturated carbocycles. The van der Waals surface area contributed by atoms with Crippen LogP contribution in [0.4, 0.5) is 0 Å². The van der Waals surface area contributed by atoms with Gasteiger partial charge in [-0.3, -0.25) is 19.5 Å². The number of nitrogens with zero attached hydrogens (tertiary/aromatic N) is 5. The van der Waals surface area contributed by atoms with Crippen molar-refractivity contribution in [2.75, 3.05) is 39.3 Å². The summed E-state index contributed by atoms with van der Waals surface area (Å²) in [6, 6.07) is 21.9. The molecule has 0 aliphatic carbocycles. The van der Waals surface area contributed by atoms with Crippen molar-refractivity contribution < 1.29 is 14.3 Å². The van der Waals surface area contributed by atoms with Crippen molar-refractivity contribution in [3.63, 3.8) is 0 Å². The molecule has 1 spiro atoms. The van der Waals surface area contributed by atoms with E-state index in [0.717, 1.165) is 56.4 Å². The number of thiazole rings is 1. The van der Waals surface area contributed by atoms with Crippen LogP contribution >= 0.6 is 11.3 Å². The van der Waals surface area contributed by atoms with Gasteiger partial charge in [0.2, 0.25) is 0 Å². The van der Waals surface area contributed by atoms with Crippen molar-refractivity contribution in [1.82, 2.24) is 24.7 Å². The van der Waals surface area contributed by atoms with Crippen molar-refractivity contribution >= 4 is 23.2 Å². The number of hydrogen-bond donors (Lipinski definition) is 0. The zero-order valence-electron chi connectivity index (χ0n) is 25.0. The van der Waals surface area contributed by atoms with E-state index in [4.69, 9.17) is 4.74 Å². The molecule has 228 valence electrons. The number of carbonyl (C=O) groups is 2. The van der Waals surface area contributed by atoms with Gasteiger partial charge in [-0.25, -0.2) is 4.98 Å². The third-order valence-electron chi connectivity index (χ3n) is 8.91. The van der Waals surface area contributed by atoms with E-state index in [0.29, 0.717) is 49.8 Å². The van der Waals surface area contributed by atoms with Gasteiger partial charge < -0.3 is 14.5 Å². The Morgan fingerprint density at radius 2 is 1.66 bits per heavy atom. The van der Waals surface area contributed by atoms with Crippen molar-refractivity contribution in [2.24, 2.45) is 5.41 Å². The highest BCUT2D eigenvalue weighted by atomic mass is 32.1. The Balaban J connectivity index is 1.26. The third-order valence-corrected chi connectivity index (χ3v) is 9.50. The second kappa shape index (κ2) is 14.1. The summed E-state index contributed by atoms with van der Waals surface area (Å²) in [6.07, 6.45) is 7.41. The minimum Gasteiger partial charge on any atom is -0.492 e. The van der Waals surface area contributed by atoms with Crippen LogP contribution in [0.15, 0.2) is 90.0 Å². The van der Waals surface area contributed by atoms with Crippen molar-refractivity contribution in [1.29, 1.82) is 0 Å². The first-order valence-corrected chi connectivity index (χ1v) is 16.4. The molecule has 4 aromatic rings. The average molecular weight is 610 g/mol. The highest BCUT2D eigenvalue weighted by Crippen LogP contribution is 2.38. The normalized spacial score (nSPS) is 18.0. The van der Waals surface area contributed by atoms with Gasteiger partial charge >= 0.3 is 0 Å². The van der Waals surface area contributed by atoms with Gasteiger partial charge in [0.1, 0.15) is 11.4 Å². The molecule has 2 aromatic carbocycles. The molecule has 0 atom stereocenters. The van der Waals surface area contributed by atoms with E-state index in [1.807, 2.05) is 69.9 Å². The lowest BCUT2D eigenvalue weighted by molar-refractivity contribution is 0.0346. The zero-order valence-corrected chi connectivity index (χ0v) is 25.8. The van der Waals surface area contributed by atoms with Crippen LogP contribution in [-0.2, 0) is 13.1 Å². The number of pyridine rings is 1. The van der Waals surface area contributed by atoms with Gasteiger partial charge in [-0.15, -0.1) is 11.3 Å². The number of aromatic nitrogens is 2. The number of hydrogen-bond acceptors (Lipinski definition) is 7. The Labute approximate surface area is 263 Å². The van der Waals surface area contributed by atoms with Crippen molar-refractivity contribution in [3.05, 3.63) is 112 Å². The van der Waals surface area contributed by atoms with Crippen molar-refractivity contribution in [2.45, 2.75) is 38.8 Å². The van der Waals surface area contributed by atoms with Crippen LogP contribution in [0.2, 0.25) is 0 Å². The zero-order chi connectivity index (χ0) is 30.2. The topological polar surface area (TPSA) is 78.9 Å². The molecule has 2 aliphatic rings. The maximum Gasteiger partial charge on any atom is 0.273 e. The van der Waals surface area contributed by atoms with Gasteiger partial charge in [0, 0.05) is 62.5 Å². The molecule has 0 bridgehead atoms. The van der Waals surface area contributed by atoms with E-state index in [-0.39, 0.29) is 17.2 Å². The van der Waals surface area contributed by atoms with Crippen molar-refractivity contribution in [3.8, 4) is 5.75 Å².